The van der Waals surface area contributed by atoms with E-state index in [1.807, 2.05) is 38.2 Å². The summed E-state index contributed by atoms with van der Waals surface area (Å²) in [6.07, 6.45) is 4.09. The number of aryl methyl sites for hydroxylation is 2. The molecule has 1 aromatic heterocycles. The van der Waals surface area contributed by atoms with Crippen LogP contribution in [0.3, 0.4) is 0 Å². The molecule has 0 aliphatic carbocycles. The summed E-state index contributed by atoms with van der Waals surface area (Å²) < 4.78 is 5.80. The van der Waals surface area contributed by atoms with E-state index in [-0.39, 0.29) is 0 Å². The molecule has 0 aliphatic heterocycles. The van der Waals surface area contributed by atoms with Crippen molar-refractivity contribution < 1.29 is 4.74 Å². The van der Waals surface area contributed by atoms with Crippen LogP contribution < -0.4 is 4.74 Å². The van der Waals surface area contributed by atoms with Crippen LogP contribution in [0.1, 0.15) is 44.9 Å². The zero-order valence-corrected chi connectivity index (χ0v) is 14.3. The van der Waals surface area contributed by atoms with Gasteiger partial charge in [-0.1, -0.05) is 13.8 Å². The fourth-order valence-corrected chi connectivity index (χ4v) is 1.85. The Kier molecular flexibility index (Phi) is 7.20. The van der Waals surface area contributed by atoms with Gasteiger partial charge in [0.25, 0.3) is 0 Å². The van der Waals surface area contributed by atoms with Gasteiger partial charge in [-0.05, 0) is 45.6 Å². The van der Waals surface area contributed by atoms with Crippen LogP contribution in [-0.4, -0.2) is 36.4 Å². The molecule has 0 N–H and O–H groups in total. The van der Waals surface area contributed by atoms with Gasteiger partial charge in [0.2, 0.25) is 5.88 Å². The van der Waals surface area contributed by atoms with Crippen LogP contribution in [0.5, 0.6) is 5.88 Å². The second kappa shape index (κ2) is 8.65. The Hall–Kier alpha value is -1.58. The van der Waals surface area contributed by atoms with E-state index in [9.17, 15) is 0 Å². The number of aliphatic imine (C=N–C) groups is 1. The van der Waals surface area contributed by atoms with Crippen LogP contribution in [0.4, 0.5) is 5.69 Å². The molecule has 0 spiro atoms. The Morgan fingerprint density at radius 3 is 2.71 bits per heavy atom. The lowest BCUT2D eigenvalue weighted by Crippen LogP contribution is -2.14. The van der Waals surface area contributed by atoms with Gasteiger partial charge in [-0.3, -0.25) is 0 Å². The minimum atomic E-state index is 0.719. The molecule has 0 aromatic carbocycles. The van der Waals surface area contributed by atoms with Crippen molar-refractivity contribution in [1.82, 2.24) is 9.88 Å². The molecular formula is C17H29N3O. The first kappa shape index (κ1) is 17.5. The third-order valence-electron chi connectivity index (χ3n) is 3.39. The van der Waals surface area contributed by atoms with E-state index < -0.39 is 0 Å². The maximum absolute atomic E-state index is 5.80. The maximum Gasteiger partial charge on any atom is 0.216 e. The Balaban J connectivity index is 2.68. The smallest absolute Gasteiger partial charge is 0.216 e. The number of pyridine rings is 1. The third kappa shape index (κ3) is 6.15. The molecule has 0 saturated carbocycles. The Morgan fingerprint density at radius 2 is 2.10 bits per heavy atom. The Morgan fingerprint density at radius 1 is 1.38 bits per heavy atom. The number of aromatic nitrogens is 1. The molecule has 1 rings (SSSR count). The van der Waals surface area contributed by atoms with Crippen molar-refractivity contribution in [3.63, 3.8) is 0 Å². The van der Waals surface area contributed by atoms with Gasteiger partial charge in [0.1, 0.15) is 0 Å². The van der Waals surface area contributed by atoms with Crippen LogP contribution in [0.15, 0.2) is 11.1 Å². The molecule has 118 valence electrons. The van der Waals surface area contributed by atoms with Gasteiger partial charge in [0.05, 0.1) is 24.3 Å². The highest BCUT2D eigenvalue weighted by atomic mass is 16.5. The quantitative estimate of drug-likeness (QED) is 0.411. The first-order chi connectivity index (χ1) is 9.93. The van der Waals surface area contributed by atoms with Crippen molar-refractivity contribution in [2.75, 3.05) is 20.2 Å². The zero-order chi connectivity index (χ0) is 15.8. The van der Waals surface area contributed by atoms with Crippen LogP contribution in [-0.2, 0) is 0 Å². The Labute approximate surface area is 129 Å². The molecule has 1 aromatic rings. The highest BCUT2D eigenvalue weighted by Gasteiger charge is 2.07. The van der Waals surface area contributed by atoms with Crippen LogP contribution in [0.25, 0.3) is 0 Å². The summed E-state index contributed by atoms with van der Waals surface area (Å²) in [5, 5.41) is 0. The fraction of sp³-hybridized carbons (Fsp3) is 0.647. The largest absolute Gasteiger partial charge is 0.477 e. The normalized spacial score (nSPS) is 11.4. The van der Waals surface area contributed by atoms with Gasteiger partial charge in [-0.25, -0.2) is 9.98 Å². The van der Waals surface area contributed by atoms with E-state index in [1.165, 1.54) is 6.42 Å². The molecule has 0 amide bonds. The van der Waals surface area contributed by atoms with Gasteiger partial charge in [0.15, 0.2) is 0 Å². The highest BCUT2D eigenvalue weighted by Crippen LogP contribution is 2.24. The first-order valence-corrected chi connectivity index (χ1v) is 7.79. The molecule has 0 radical (unpaired) electrons. The van der Waals surface area contributed by atoms with Crippen molar-refractivity contribution in [2.24, 2.45) is 10.9 Å². The summed E-state index contributed by atoms with van der Waals surface area (Å²) in [4.78, 5) is 11.1. The summed E-state index contributed by atoms with van der Waals surface area (Å²) >= 11 is 0. The molecular weight excluding hydrogens is 262 g/mol. The second-order valence-electron chi connectivity index (χ2n) is 5.92. The molecule has 0 unspecified atom stereocenters. The molecule has 4 heteroatoms. The number of ether oxygens (including phenoxy) is 1. The van der Waals surface area contributed by atoms with E-state index in [4.69, 9.17) is 4.74 Å². The minimum Gasteiger partial charge on any atom is -0.477 e. The van der Waals surface area contributed by atoms with E-state index in [0.29, 0.717) is 0 Å². The fourth-order valence-electron chi connectivity index (χ4n) is 1.85. The molecule has 21 heavy (non-hydrogen) atoms. The van der Waals surface area contributed by atoms with Crippen LogP contribution in [0, 0.1) is 19.8 Å². The summed E-state index contributed by atoms with van der Waals surface area (Å²) in [5.41, 5.74) is 2.85. The average molecular weight is 291 g/mol. The zero-order valence-electron chi connectivity index (χ0n) is 14.3. The SMILES string of the molecule is CCN(C)C=Nc1cc(C)c(OCCCC(C)C)nc1C. The van der Waals surface area contributed by atoms with E-state index in [1.54, 1.807) is 0 Å². The third-order valence-corrected chi connectivity index (χ3v) is 3.39. The molecule has 0 bridgehead atoms. The standard InChI is InChI=1S/C17H29N3O/c1-7-20(6)12-18-16-11-14(4)17(19-15(16)5)21-10-8-9-13(2)3/h11-13H,7-10H2,1-6H3. The topological polar surface area (TPSA) is 37.7 Å². The number of hydrogen-bond acceptors (Lipinski definition) is 3. The predicted molar refractivity (Wildman–Crippen MR) is 89.7 cm³/mol. The van der Waals surface area contributed by atoms with Gasteiger partial charge < -0.3 is 9.64 Å². The molecule has 1 heterocycles. The molecule has 0 aliphatic rings. The molecule has 4 nitrogen and oxygen atoms in total. The second-order valence-corrected chi connectivity index (χ2v) is 5.92. The lowest BCUT2D eigenvalue weighted by atomic mass is 10.1. The molecule has 0 atom stereocenters. The lowest BCUT2D eigenvalue weighted by Gasteiger charge is -2.12. The Bertz CT molecular complexity index is 469. The summed E-state index contributed by atoms with van der Waals surface area (Å²) in [5.74, 6) is 1.45. The van der Waals surface area contributed by atoms with Crippen LogP contribution >= 0.6 is 0 Å². The van der Waals surface area contributed by atoms with E-state index >= 15 is 0 Å². The number of nitrogens with zero attached hydrogens (tertiary/aromatic N) is 3. The molecule has 0 fully saturated rings. The summed E-state index contributed by atoms with van der Waals surface area (Å²) in [6, 6.07) is 2.04. The van der Waals surface area contributed by atoms with Crippen molar-refractivity contribution >= 4 is 12.0 Å². The molecule has 0 saturated heterocycles. The summed E-state index contributed by atoms with van der Waals surface area (Å²) in [7, 11) is 2.01. The van der Waals surface area contributed by atoms with Gasteiger partial charge >= 0.3 is 0 Å². The van der Waals surface area contributed by atoms with Gasteiger partial charge in [-0.2, -0.15) is 0 Å². The first-order valence-electron chi connectivity index (χ1n) is 7.79. The predicted octanol–water partition coefficient (Wildman–Crippen LogP) is 4.12. The van der Waals surface area contributed by atoms with Crippen LogP contribution in [0.2, 0.25) is 0 Å². The number of rotatable bonds is 8. The minimum absolute atomic E-state index is 0.719. The maximum atomic E-state index is 5.80. The van der Waals surface area contributed by atoms with E-state index in [0.717, 1.165) is 48.3 Å². The highest BCUT2D eigenvalue weighted by molar-refractivity contribution is 5.62. The van der Waals surface area contributed by atoms with Crippen molar-refractivity contribution in [3.8, 4) is 5.88 Å². The van der Waals surface area contributed by atoms with Gasteiger partial charge in [0, 0.05) is 19.2 Å². The lowest BCUT2D eigenvalue weighted by molar-refractivity contribution is 0.285. The summed E-state index contributed by atoms with van der Waals surface area (Å²) in [6.45, 7) is 12.2. The number of hydrogen-bond donors (Lipinski definition) is 0. The van der Waals surface area contributed by atoms with Gasteiger partial charge in [-0.15, -0.1) is 0 Å². The average Bonchev–Trinajstić information content (AvgIpc) is 2.44. The van der Waals surface area contributed by atoms with E-state index in [2.05, 4.69) is 30.7 Å². The monoisotopic (exact) mass is 291 g/mol. The van der Waals surface area contributed by atoms with Crippen molar-refractivity contribution in [3.05, 3.63) is 17.3 Å². The van der Waals surface area contributed by atoms with Crippen molar-refractivity contribution in [2.45, 2.75) is 47.5 Å². The van der Waals surface area contributed by atoms with Crippen molar-refractivity contribution in [1.29, 1.82) is 0 Å².